The smallest absolute Gasteiger partial charge is 0.250 e. The van der Waals surface area contributed by atoms with E-state index in [0.717, 1.165) is 38.8 Å². The normalized spacial score (nSPS) is 15.7. The molecule has 18 heavy (non-hydrogen) atoms. The van der Waals surface area contributed by atoms with E-state index in [-0.39, 0.29) is 5.56 Å². The van der Waals surface area contributed by atoms with Crippen LogP contribution >= 0.6 is 0 Å². The topological polar surface area (TPSA) is 34.0 Å². The lowest BCUT2D eigenvalue weighted by molar-refractivity contribution is 0.478. The first-order chi connectivity index (χ1) is 8.72. The van der Waals surface area contributed by atoms with Crippen LogP contribution in [0.3, 0.4) is 0 Å². The van der Waals surface area contributed by atoms with Gasteiger partial charge in [-0.05, 0) is 51.1 Å². The highest BCUT2D eigenvalue weighted by Crippen LogP contribution is 2.20. The number of nitrogens with zero attached hydrogens (tertiary/aromatic N) is 1. The van der Waals surface area contributed by atoms with Crippen molar-refractivity contribution in [3.05, 3.63) is 33.7 Å². The molecule has 0 spiro atoms. The molecule has 1 aromatic heterocycles. The SMILES string of the molecule is CCNC(C)CCCn1c2c(ccc1=O)CCC2. The maximum Gasteiger partial charge on any atom is 0.250 e. The number of aromatic nitrogens is 1. The highest BCUT2D eigenvalue weighted by Gasteiger charge is 2.15. The zero-order valence-electron chi connectivity index (χ0n) is 11.5. The van der Waals surface area contributed by atoms with Gasteiger partial charge in [0.2, 0.25) is 0 Å². The summed E-state index contributed by atoms with van der Waals surface area (Å²) in [5.41, 5.74) is 2.85. The van der Waals surface area contributed by atoms with Crippen LogP contribution < -0.4 is 10.9 Å². The van der Waals surface area contributed by atoms with Crippen molar-refractivity contribution in [3.8, 4) is 0 Å². The Kier molecular flexibility index (Phi) is 4.59. The van der Waals surface area contributed by atoms with Crippen molar-refractivity contribution in [1.82, 2.24) is 9.88 Å². The van der Waals surface area contributed by atoms with Gasteiger partial charge in [-0.2, -0.15) is 0 Å². The predicted molar refractivity (Wildman–Crippen MR) is 75.1 cm³/mol. The summed E-state index contributed by atoms with van der Waals surface area (Å²) < 4.78 is 2.00. The summed E-state index contributed by atoms with van der Waals surface area (Å²) in [7, 11) is 0. The van der Waals surface area contributed by atoms with Crippen molar-refractivity contribution < 1.29 is 0 Å². The summed E-state index contributed by atoms with van der Waals surface area (Å²) >= 11 is 0. The average molecular weight is 248 g/mol. The molecule has 1 unspecified atom stereocenters. The molecule has 0 saturated carbocycles. The van der Waals surface area contributed by atoms with Crippen LogP contribution in [0.1, 0.15) is 44.4 Å². The van der Waals surface area contributed by atoms with E-state index in [9.17, 15) is 4.79 Å². The van der Waals surface area contributed by atoms with Crippen molar-refractivity contribution in [2.45, 2.75) is 58.5 Å². The third kappa shape index (κ3) is 3.02. The van der Waals surface area contributed by atoms with Crippen LogP contribution in [0, 0.1) is 0 Å². The first-order valence-corrected chi connectivity index (χ1v) is 7.17. The monoisotopic (exact) mass is 248 g/mol. The summed E-state index contributed by atoms with van der Waals surface area (Å²) in [4.78, 5) is 11.9. The Morgan fingerprint density at radius 1 is 1.39 bits per heavy atom. The van der Waals surface area contributed by atoms with Gasteiger partial charge >= 0.3 is 0 Å². The molecule has 1 aromatic rings. The van der Waals surface area contributed by atoms with Crippen LogP contribution in [0.4, 0.5) is 0 Å². The molecule has 0 radical (unpaired) electrons. The van der Waals surface area contributed by atoms with Gasteiger partial charge in [-0.15, -0.1) is 0 Å². The summed E-state index contributed by atoms with van der Waals surface area (Å²) in [6, 6.07) is 4.29. The van der Waals surface area contributed by atoms with Gasteiger partial charge in [0.15, 0.2) is 0 Å². The molecule has 1 heterocycles. The minimum absolute atomic E-state index is 0.173. The third-order valence-electron chi connectivity index (χ3n) is 3.82. The quantitative estimate of drug-likeness (QED) is 0.836. The Labute approximate surface area is 109 Å². The van der Waals surface area contributed by atoms with Crippen molar-refractivity contribution in [2.75, 3.05) is 6.54 Å². The van der Waals surface area contributed by atoms with Gasteiger partial charge in [-0.3, -0.25) is 4.79 Å². The van der Waals surface area contributed by atoms with Gasteiger partial charge in [-0.25, -0.2) is 0 Å². The van der Waals surface area contributed by atoms with Crippen molar-refractivity contribution in [3.63, 3.8) is 0 Å². The molecule has 1 aliphatic carbocycles. The highest BCUT2D eigenvalue weighted by molar-refractivity contribution is 5.25. The van der Waals surface area contributed by atoms with E-state index in [1.165, 1.54) is 17.7 Å². The number of nitrogens with one attached hydrogen (secondary N) is 1. The van der Waals surface area contributed by atoms with E-state index in [0.29, 0.717) is 6.04 Å². The van der Waals surface area contributed by atoms with Gasteiger partial charge in [0.25, 0.3) is 5.56 Å². The Bertz CT molecular complexity index is 450. The fourth-order valence-corrected chi connectivity index (χ4v) is 2.89. The molecule has 1 N–H and O–H groups in total. The fraction of sp³-hybridized carbons (Fsp3) is 0.667. The minimum Gasteiger partial charge on any atom is -0.315 e. The molecule has 2 rings (SSSR count). The van der Waals surface area contributed by atoms with Crippen molar-refractivity contribution in [2.24, 2.45) is 0 Å². The first-order valence-electron chi connectivity index (χ1n) is 7.17. The molecule has 1 aliphatic rings. The summed E-state index contributed by atoms with van der Waals surface area (Å²) in [5.74, 6) is 0. The number of hydrogen-bond donors (Lipinski definition) is 1. The molecule has 0 amide bonds. The van der Waals surface area contributed by atoms with Gasteiger partial charge in [-0.1, -0.05) is 13.0 Å². The van der Waals surface area contributed by atoms with Crippen molar-refractivity contribution in [1.29, 1.82) is 0 Å². The number of rotatable bonds is 6. The molecule has 0 aliphatic heterocycles. The van der Waals surface area contributed by atoms with E-state index in [4.69, 9.17) is 0 Å². The molecule has 0 bridgehead atoms. The van der Waals surface area contributed by atoms with Crippen LogP contribution in [-0.4, -0.2) is 17.2 Å². The zero-order valence-corrected chi connectivity index (χ0v) is 11.5. The lowest BCUT2D eigenvalue weighted by Gasteiger charge is -2.15. The second-order valence-electron chi connectivity index (χ2n) is 5.25. The van der Waals surface area contributed by atoms with Crippen LogP contribution in [-0.2, 0) is 19.4 Å². The third-order valence-corrected chi connectivity index (χ3v) is 3.82. The Balaban J connectivity index is 1.97. The molecule has 0 aromatic carbocycles. The molecule has 1 atom stereocenters. The lowest BCUT2D eigenvalue weighted by atomic mass is 10.1. The lowest BCUT2D eigenvalue weighted by Crippen LogP contribution is -2.27. The van der Waals surface area contributed by atoms with Crippen molar-refractivity contribution >= 4 is 0 Å². The summed E-state index contributed by atoms with van der Waals surface area (Å²) in [6.45, 7) is 6.23. The van der Waals surface area contributed by atoms with Gasteiger partial charge in [0.1, 0.15) is 0 Å². The Hall–Kier alpha value is -1.09. The molecule has 100 valence electrons. The number of aryl methyl sites for hydroxylation is 1. The highest BCUT2D eigenvalue weighted by atomic mass is 16.1. The van der Waals surface area contributed by atoms with E-state index in [1.54, 1.807) is 6.07 Å². The molecule has 0 saturated heterocycles. The molecule has 3 nitrogen and oxygen atoms in total. The van der Waals surface area contributed by atoms with E-state index >= 15 is 0 Å². The predicted octanol–water partition coefficient (Wildman–Crippen LogP) is 2.12. The molecule has 0 fully saturated rings. The number of hydrogen-bond acceptors (Lipinski definition) is 2. The van der Waals surface area contributed by atoms with Gasteiger partial charge < -0.3 is 9.88 Å². The minimum atomic E-state index is 0.173. The molecule has 3 heteroatoms. The molecular weight excluding hydrogens is 224 g/mol. The van der Waals surface area contributed by atoms with Crippen LogP contribution in [0.15, 0.2) is 16.9 Å². The van der Waals surface area contributed by atoms with Gasteiger partial charge in [0.05, 0.1) is 0 Å². The average Bonchev–Trinajstić information content (AvgIpc) is 2.80. The summed E-state index contributed by atoms with van der Waals surface area (Å²) in [6.07, 6.45) is 5.62. The zero-order chi connectivity index (χ0) is 13.0. The fourth-order valence-electron chi connectivity index (χ4n) is 2.89. The maximum absolute atomic E-state index is 11.9. The van der Waals surface area contributed by atoms with Crippen LogP contribution in [0.2, 0.25) is 0 Å². The Morgan fingerprint density at radius 2 is 2.22 bits per heavy atom. The second kappa shape index (κ2) is 6.19. The largest absolute Gasteiger partial charge is 0.315 e. The van der Waals surface area contributed by atoms with E-state index in [2.05, 4.69) is 19.2 Å². The maximum atomic E-state index is 11.9. The van der Waals surface area contributed by atoms with E-state index < -0.39 is 0 Å². The van der Waals surface area contributed by atoms with Crippen LogP contribution in [0.25, 0.3) is 0 Å². The summed E-state index contributed by atoms with van der Waals surface area (Å²) in [5, 5.41) is 3.41. The standard InChI is InChI=1S/C15H24N2O/c1-3-16-12(2)6-5-11-17-14-8-4-7-13(14)9-10-15(17)18/h9-10,12,16H,3-8,11H2,1-2H3. The first kappa shape index (κ1) is 13.3. The number of fused-ring (bicyclic) bond motifs is 1. The van der Waals surface area contributed by atoms with Crippen LogP contribution in [0.5, 0.6) is 0 Å². The number of pyridine rings is 1. The Morgan fingerprint density at radius 3 is 3.00 bits per heavy atom. The van der Waals surface area contributed by atoms with E-state index in [1.807, 2.05) is 10.6 Å². The van der Waals surface area contributed by atoms with Gasteiger partial charge in [0, 0.05) is 24.3 Å². The molecular formula is C15H24N2O. The second-order valence-corrected chi connectivity index (χ2v) is 5.25.